The molecule has 1 saturated heterocycles. The third-order valence-electron chi connectivity index (χ3n) is 10.5. The van der Waals surface area contributed by atoms with Crippen molar-refractivity contribution in [2.45, 2.75) is 200 Å². The predicted octanol–water partition coefficient (Wildman–Crippen LogP) is 11.3. The second-order valence-electron chi connectivity index (χ2n) is 15.9. The van der Waals surface area contributed by atoms with Gasteiger partial charge in [0.2, 0.25) is 5.91 Å². The molecule has 1 heterocycles. The van der Waals surface area contributed by atoms with Crippen molar-refractivity contribution in [1.29, 1.82) is 0 Å². The predicted molar refractivity (Wildman–Crippen MR) is 240 cm³/mol. The van der Waals surface area contributed by atoms with Crippen molar-refractivity contribution in [2.24, 2.45) is 0 Å². The number of hydrogen-bond acceptors (Lipinski definition) is 8. The molecule has 0 aromatic rings. The highest BCUT2D eigenvalue weighted by Crippen LogP contribution is 2.24. The van der Waals surface area contributed by atoms with Crippen LogP contribution < -0.4 is 5.32 Å². The number of nitrogens with zero attached hydrogens (tertiary/aromatic N) is 1. The first-order valence-electron chi connectivity index (χ1n) is 23.5. The van der Waals surface area contributed by atoms with Crippen LogP contribution in [0, 0.1) is 0 Å². The van der Waals surface area contributed by atoms with E-state index in [-0.39, 0.29) is 31.5 Å². The average molecular weight is 815 g/mol. The summed E-state index contributed by atoms with van der Waals surface area (Å²) in [6, 6.07) is -0.727. The van der Waals surface area contributed by atoms with Crippen LogP contribution in [0.15, 0.2) is 48.6 Å². The largest absolute Gasteiger partial charge is 0.464 e. The Kier molecular flexibility index (Phi) is 36.5. The van der Waals surface area contributed by atoms with E-state index < -0.39 is 24.1 Å². The van der Waals surface area contributed by atoms with E-state index in [2.05, 4.69) is 67.8 Å². The summed E-state index contributed by atoms with van der Waals surface area (Å²) < 4.78 is 22.1. The summed E-state index contributed by atoms with van der Waals surface area (Å²) in [5.41, 5.74) is 0. The van der Waals surface area contributed by atoms with E-state index in [1.807, 2.05) is 6.92 Å². The lowest BCUT2D eigenvalue weighted by Gasteiger charge is -2.23. The fraction of sp³-hybridized carbons (Fsp3) is 0.776. The van der Waals surface area contributed by atoms with Crippen molar-refractivity contribution in [2.75, 3.05) is 46.6 Å². The van der Waals surface area contributed by atoms with Gasteiger partial charge >= 0.3 is 11.9 Å². The molecule has 0 aromatic carbocycles. The minimum Gasteiger partial charge on any atom is -0.464 e. The van der Waals surface area contributed by atoms with Crippen molar-refractivity contribution in [3.05, 3.63) is 48.6 Å². The molecule has 1 N–H and O–H groups in total. The number of ether oxygens (including phenoxy) is 4. The zero-order valence-corrected chi connectivity index (χ0v) is 37.6. The standard InChI is InChI=1S/C49H86N2O7/c1-5-7-9-11-13-15-17-19-21-23-25-27-29-31-33-35-37-57-49(54)46-40-45(58-48(53)42-50-41-44(3)56-39-38-55-4)43-51(46)47(52)36-34-32-30-28-26-24-22-20-18-16-14-12-10-8-6-2/h13-16,19-22,44-46,50H,5-12,17-18,23-43H2,1-4H3/b15-13-,16-14-,21-19-,22-20-/t44-,45?,46?/m0/s1. The first-order chi connectivity index (χ1) is 28.4. The number of carbonyl (C=O) groups excluding carboxylic acids is 3. The molecular formula is C49H86N2O7. The lowest BCUT2D eigenvalue weighted by molar-refractivity contribution is -0.153. The van der Waals surface area contributed by atoms with Crippen molar-refractivity contribution in [3.63, 3.8) is 0 Å². The molecule has 0 bridgehead atoms. The Morgan fingerprint density at radius 2 is 1.17 bits per heavy atom. The van der Waals surface area contributed by atoms with E-state index in [1.165, 1.54) is 70.6 Å². The van der Waals surface area contributed by atoms with Gasteiger partial charge < -0.3 is 29.2 Å². The average Bonchev–Trinajstić information content (AvgIpc) is 3.64. The van der Waals surface area contributed by atoms with Gasteiger partial charge in [-0.05, 0) is 84.0 Å². The Hall–Kier alpha value is -2.75. The van der Waals surface area contributed by atoms with Crippen LogP contribution in [-0.2, 0) is 33.3 Å². The molecule has 334 valence electrons. The van der Waals surface area contributed by atoms with E-state index in [0.717, 1.165) is 77.0 Å². The molecule has 0 radical (unpaired) electrons. The highest BCUT2D eigenvalue weighted by Gasteiger charge is 2.42. The fourth-order valence-corrected chi connectivity index (χ4v) is 6.97. The lowest BCUT2D eigenvalue weighted by atomic mass is 10.1. The molecule has 0 aromatic heterocycles. The normalized spacial score (nSPS) is 16.4. The molecule has 1 fully saturated rings. The molecule has 0 saturated carbocycles. The third-order valence-corrected chi connectivity index (χ3v) is 10.5. The van der Waals surface area contributed by atoms with Gasteiger partial charge in [-0.15, -0.1) is 0 Å². The minimum atomic E-state index is -0.727. The highest BCUT2D eigenvalue weighted by molar-refractivity contribution is 5.85. The second kappa shape index (κ2) is 39.7. The van der Waals surface area contributed by atoms with Gasteiger partial charge in [-0.1, -0.05) is 133 Å². The molecule has 3 atom stereocenters. The number of unbranched alkanes of at least 4 members (excludes halogenated alkanes) is 17. The van der Waals surface area contributed by atoms with Gasteiger partial charge in [-0.3, -0.25) is 9.59 Å². The van der Waals surface area contributed by atoms with Gasteiger partial charge in [0.1, 0.15) is 12.1 Å². The summed E-state index contributed by atoms with van der Waals surface area (Å²) >= 11 is 0. The van der Waals surface area contributed by atoms with Crippen molar-refractivity contribution in [1.82, 2.24) is 10.2 Å². The van der Waals surface area contributed by atoms with Crippen molar-refractivity contribution < 1.29 is 33.3 Å². The maximum Gasteiger partial charge on any atom is 0.329 e. The van der Waals surface area contributed by atoms with Gasteiger partial charge in [0, 0.05) is 26.5 Å². The summed E-state index contributed by atoms with van der Waals surface area (Å²) in [5.74, 6) is -0.875. The van der Waals surface area contributed by atoms with Crippen LogP contribution in [0.2, 0.25) is 0 Å². The van der Waals surface area contributed by atoms with Crippen LogP contribution in [0.4, 0.5) is 0 Å². The molecule has 58 heavy (non-hydrogen) atoms. The number of hydrogen-bond donors (Lipinski definition) is 1. The third kappa shape index (κ3) is 31.2. The zero-order chi connectivity index (χ0) is 42.2. The Morgan fingerprint density at radius 1 is 0.655 bits per heavy atom. The van der Waals surface area contributed by atoms with Crippen LogP contribution in [0.5, 0.6) is 0 Å². The Bertz CT molecular complexity index is 1120. The molecule has 1 aliphatic heterocycles. The highest BCUT2D eigenvalue weighted by atomic mass is 16.6. The number of nitrogens with one attached hydrogen (secondary N) is 1. The molecule has 9 nitrogen and oxygen atoms in total. The van der Waals surface area contributed by atoms with E-state index in [1.54, 1.807) is 12.0 Å². The van der Waals surface area contributed by atoms with E-state index >= 15 is 0 Å². The summed E-state index contributed by atoms with van der Waals surface area (Å²) in [6.07, 6.45) is 44.3. The van der Waals surface area contributed by atoms with Gasteiger partial charge in [-0.25, -0.2) is 4.79 Å². The molecule has 9 heteroatoms. The maximum absolute atomic E-state index is 13.4. The Balaban J connectivity index is 2.42. The van der Waals surface area contributed by atoms with E-state index in [4.69, 9.17) is 18.9 Å². The maximum atomic E-state index is 13.4. The quantitative estimate of drug-likeness (QED) is 0.0372. The molecule has 0 spiro atoms. The summed E-state index contributed by atoms with van der Waals surface area (Å²) in [5, 5.41) is 3.08. The SMILES string of the molecule is CCCCC/C=C\C/C=C\CCCCCCCCOC(=O)C1CC(OC(=O)CNC[C@H](C)OCCOC)CN1C(=O)CCCCCCC/C=C\C/C=C\CCCCC. The topological polar surface area (TPSA) is 103 Å². The Labute approximate surface area is 355 Å². The molecular weight excluding hydrogens is 729 g/mol. The number of allylic oxidation sites excluding steroid dienone is 8. The number of amides is 1. The number of esters is 2. The second-order valence-corrected chi connectivity index (χ2v) is 15.9. The summed E-state index contributed by atoms with van der Waals surface area (Å²) in [4.78, 5) is 41.0. The summed E-state index contributed by atoms with van der Waals surface area (Å²) in [7, 11) is 1.63. The monoisotopic (exact) mass is 815 g/mol. The van der Waals surface area contributed by atoms with Crippen LogP contribution in [0.1, 0.15) is 181 Å². The summed E-state index contributed by atoms with van der Waals surface area (Å²) in [6.45, 7) is 8.47. The number of likely N-dealkylation sites (tertiary alicyclic amines) is 1. The molecule has 0 aliphatic carbocycles. The molecule has 2 unspecified atom stereocenters. The van der Waals surface area contributed by atoms with E-state index in [9.17, 15) is 14.4 Å². The van der Waals surface area contributed by atoms with Crippen LogP contribution >= 0.6 is 0 Å². The number of carbonyl (C=O) groups is 3. The smallest absolute Gasteiger partial charge is 0.329 e. The first kappa shape index (κ1) is 53.3. The zero-order valence-electron chi connectivity index (χ0n) is 37.6. The van der Waals surface area contributed by atoms with Crippen LogP contribution in [0.25, 0.3) is 0 Å². The van der Waals surface area contributed by atoms with Crippen molar-refractivity contribution >= 4 is 17.8 Å². The van der Waals surface area contributed by atoms with Crippen LogP contribution in [-0.4, -0.2) is 87.6 Å². The molecule has 1 rings (SSSR count). The Morgan fingerprint density at radius 3 is 1.72 bits per heavy atom. The molecule has 1 aliphatic rings. The van der Waals surface area contributed by atoms with Crippen LogP contribution in [0.3, 0.4) is 0 Å². The van der Waals surface area contributed by atoms with Gasteiger partial charge in [0.15, 0.2) is 0 Å². The number of methoxy groups -OCH3 is 1. The van der Waals surface area contributed by atoms with Gasteiger partial charge in [-0.2, -0.15) is 0 Å². The fourth-order valence-electron chi connectivity index (χ4n) is 6.97. The first-order valence-corrected chi connectivity index (χ1v) is 23.5. The van der Waals surface area contributed by atoms with Crippen molar-refractivity contribution in [3.8, 4) is 0 Å². The van der Waals surface area contributed by atoms with Gasteiger partial charge in [0.05, 0.1) is 39.0 Å². The molecule has 1 amide bonds. The van der Waals surface area contributed by atoms with E-state index in [0.29, 0.717) is 32.8 Å². The minimum absolute atomic E-state index is 0.0249. The number of rotatable bonds is 39. The van der Waals surface area contributed by atoms with Gasteiger partial charge in [0.25, 0.3) is 0 Å². The lowest BCUT2D eigenvalue weighted by Crippen LogP contribution is -2.41.